The molecule has 3 rings (SSSR count). The van der Waals surface area contributed by atoms with E-state index in [0.717, 1.165) is 48.6 Å². The van der Waals surface area contributed by atoms with Crippen LogP contribution in [0.3, 0.4) is 0 Å². The van der Waals surface area contributed by atoms with E-state index in [9.17, 15) is 18.4 Å². The molecule has 184 valence electrons. The first kappa shape index (κ1) is 25.6. The Balaban J connectivity index is 1.32. The number of amides is 2. The maximum Gasteiger partial charge on any atom is 0.387 e. The summed E-state index contributed by atoms with van der Waals surface area (Å²) in [6.45, 7) is 5.10. The number of rotatable bonds is 10. The number of piperazine rings is 1. The lowest BCUT2D eigenvalue weighted by Gasteiger charge is -2.33. The molecule has 1 aliphatic heterocycles. The number of ether oxygens (including phenoxy) is 1. The molecule has 1 heterocycles. The maximum atomic E-state index is 12.5. The fourth-order valence-electron chi connectivity index (χ4n) is 3.94. The van der Waals surface area contributed by atoms with Gasteiger partial charge in [-0.3, -0.25) is 19.4 Å². The number of hydrogen-bond acceptors (Lipinski definition) is 5. The Hall–Kier alpha value is -3.04. The minimum absolute atomic E-state index is 0.0302. The SMILES string of the molecule is Cc1cccc(C)c1NC(=O)CN1CCN(CC(=O)NCCc2ccc(OC(F)F)cc2)CC1. The van der Waals surface area contributed by atoms with E-state index >= 15 is 0 Å². The smallest absolute Gasteiger partial charge is 0.387 e. The summed E-state index contributed by atoms with van der Waals surface area (Å²) in [5, 5.41) is 5.92. The molecule has 2 N–H and O–H groups in total. The second-order valence-electron chi connectivity index (χ2n) is 8.49. The third-order valence-electron chi connectivity index (χ3n) is 5.83. The Bertz CT molecular complexity index is 941. The van der Waals surface area contributed by atoms with Gasteiger partial charge in [-0.25, -0.2) is 0 Å². The maximum absolute atomic E-state index is 12.5. The molecule has 2 aromatic rings. The van der Waals surface area contributed by atoms with Gasteiger partial charge < -0.3 is 15.4 Å². The van der Waals surface area contributed by atoms with E-state index in [4.69, 9.17) is 0 Å². The van der Waals surface area contributed by atoms with Crippen molar-refractivity contribution in [3.05, 3.63) is 59.2 Å². The first-order chi connectivity index (χ1) is 16.3. The van der Waals surface area contributed by atoms with Crippen molar-refractivity contribution in [2.24, 2.45) is 0 Å². The van der Waals surface area contributed by atoms with Gasteiger partial charge >= 0.3 is 6.61 Å². The molecule has 1 fully saturated rings. The number of para-hydroxylation sites is 1. The zero-order valence-electron chi connectivity index (χ0n) is 19.7. The first-order valence-electron chi connectivity index (χ1n) is 11.4. The van der Waals surface area contributed by atoms with E-state index in [1.54, 1.807) is 12.1 Å². The molecule has 2 amide bonds. The average Bonchev–Trinajstić information content (AvgIpc) is 2.78. The minimum Gasteiger partial charge on any atom is -0.435 e. The third-order valence-corrected chi connectivity index (χ3v) is 5.83. The van der Waals surface area contributed by atoms with Gasteiger partial charge in [-0.2, -0.15) is 8.78 Å². The molecule has 1 saturated heterocycles. The van der Waals surface area contributed by atoms with Gasteiger partial charge in [0.1, 0.15) is 5.75 Å². The average molecular weight is 475 g/mol. The highest BCUT2D eigenvalue weighted by Gasteiger charge is 2.21. The normalized spacial score (nSPS) is 14.7. The van der Waals surface area contributed by atoms with Crippen molar-refractivity contribution < 1.29 is 23.1 Å². The van der Waals surface area contributed by atoms with Crippen LogP contribution in [0.15, 0.2) is 42.5 Å². The molecular weight excluding hydrogens is 442 g/mol. The van der Waals surface area contributed by atoms with Gasteiger partial charge in [-0.05, 0) is 49.1 Å². The molecule has 0 aliphatic carbocycles. The zero-order valence-corrected chi connectivity index (χ0v) is 19.7. The van der Waals surface area contributed by atoms with Gasteiger partial charge in [0.25, 0.3) is 0 Å². The molecule has 0 radical (unpaired) electrons. The fourth-order valence-corrected chi connectivity index (χ4v) is 3.94. The summed E-state index contributed by atoms with van der Waals surface area (Å²) in [6, 6.07) is 12.3. The van der Waals surface area contributed by atoms with Crippen LogP contribution >= 0.6 is 0 Å². The number of alkyl halides is 2. The first-order valence-corrected chi connectivity index (χ1v) is 11.4. The lowest BCUT2D eigenvalue weighted by Crippen LogP contribution is -2.51. The number of hydrogen-bond donors (Lipinski definition) is 2. The van der Waals surface area contributed by atoms with E-state index in [1.165, 1.54) is 12.1 Å². The van der Waals surface area contributed by atoms with Gasteiger partial charge in [0.2, 0.25) is 11.8 Å². The van der Waals surface area contributed by atoms with Crippen molar-refractivity contribution in [1.82, 2.24) is 15.1 Å². The standard InChI is InChI=1S/C25H32F2N4O3/c1-18-4-3-5-19(2)24(18)29-23(33)17-31-14-12-30(13-15-31)16-22(32)28-11-10-20-6-8-21(9-7-20)34-25(26)27/h3-9,25H,10-17H2,1-2H3,(H,28,32)(H,29,33). The number of aryl methyl sites for hydroxylation is 2. The van der Waals surface area contributed by atoms with E-state index in [2.05, 4.69) is 25.2 Å². The van der Waals surface area contributed by atoms with Crippen LogP contribution < -0.4 is 15.4 Å². The molecule has 0 saturated carbocycles. The van der Waals surface area contributed by atoms with Crippen LogP contribution in [0.5, 0.6) is 5.75 Å². The number of anilines is 1. The Morgan fingerprint density at radius 2 is 1.47 bits per heavy atom. The van der Waals surface area contributed by atoms with Crippen molar-refractivity contribution in [3.63, 3.8) is 0 Å². The lowest BCUT2D eigenvalue weighted by molar-refractivity contribution is -0.123. The molecule has 0 spiro atoms. The van der Waals surface area contributed by atoms with Crippen molar-refractivity contribution in [3.8, 4) is 5.75 Å². The number of carbonyl (C=O) groups is 2. The van der Waals surface area contributed by atoms with Gasteiger partial charge in [-0.15, -0.1) is 0 Å². The Morgan fingerprint density at radius 1 is 0.912 bits per heavy atom. The van der Waals surface area contributed by atoms with Crippen LogP contribution in [0.2, 0.25) is 0 Å². The Morgan fingerprint density at radius 3 is 2.03 bits per heavy atom. The number of nitrogens with zero attached hydrogens (tertiary/aromatic N) is 2. The van der Waals surface area contributed by atoms with Crippen LogP contribution in [-0.2, 0) is 16.0 Å². The predicted molar refractivity (Wildman–Crippen MR) is 127 cm³/mol. The van der Waals surface area contributed by atoms with Crippen LogP contribution in [0.4, 0.5) is 14.5 Å². The molecule has 9 heteroatoms. The fraction of sp³-hybridized carbons (Fsp3) is 0.440. The molecule has 0 aromatic heterocycles. The number of halogens is 2. The lowest BCUT2D eigenvalue weighted by atomic mass is 10.1. The Labute approximate surface area is 199 Å². The summed E-state index contributed by atoms with van der Waals surface area (Å²) < 4.78 is 28.7. The van der Waals surface area contributed by atoms with Crippen LogP contribution in [0, 0.1) is 13.8 Å². The summed E-state index contributed by atoms with van der Waals surface area (Å²) in [4.78, 5) is 28.9. The van der Waals surface area contributed by atoms with E-state index in [-0.39, 0.29) is 17.6 Å². The molecule has 0 unspecified atom stereocenters. The summed E-state index contributed by atoms with van der Waals surface area (Å²) in [5.41, 5.74) is 3.89. The topological polar surface area (TPSA) is 73.9 Å². The highest BCUT2D eigenvalue weighted by atomic mass is 19.3. The highest BCUT2D eigenvalue weighted by Crippen LogP contribution is 2.19. The van der Waals surface area contributed by atoms with Crippen molar-refractivity contribution >= 4 is 17.5 Å². The van der Waals surface area contributed by atoms with Crippen molar-refractivity contribution in [2.45, 2.75) is 26.9 Å². The minimum atomic E-state index is -2.84. The molecular formula is C25H32F2N4O3. The second kappa shape index (κ2) is 12.4. The van der Waals surface area contributed by atoms with E-state index in [0.29, 0.717) is 26.1 Å². The zero-order chi connectivity index (χ0) is 24.5. The number of carbonyl (C=O) groups excluding carboxylic acids is 2. The second-order valence-corrected chi connectivity index (χ2v) is 8.49. The largest absolute Gasteiger partial charge is 0.435 e. The van der Waals surface area contributed by atoms with Gasteiger partial charge in [-0.1, -0.05) is 30.3 Å². The Kier molecular flexibility index (Phi) is 9.35. The molecule has 0 bridgehead atoms. The summed E-state index contributed by atoms with van der Waals surface area (Å²) in [6.07, 6.45) is 0.601. The van der Waals surface area contributed by atoms with E-state index in [1.807, 2.05) is 32.0 Å². The highest BCUT2D eigenvalue weighted by molar-refractivity contribution is 5.93. The molecule has 0 atom stereocenters. The predicted octanol–water partition coefficient (Wildman–Crippen LogP) is 2.82. The van der Waals surface area contributed by atoms with Crippen LogP contribution in [0.1, 0.15) is 16.7 Å². The molecule has 34 heavy (non-hydrogen) atoms. The summed E-state index contributed by atoms with van der Waals surface area (Å²) >= 11 is 0. The molecule has 2 aromatic carbocycles. The van der Waals surface area contributed by atoms with Crippen LogP contribution in [0.25, 0.3) is 0 Å². The van der Waals surface area contributed by atoms with E-state index < -0.39 is 6.61 Å². The quantitative estimate of drug-likeness (QED) is 0.554. The van der Waals surface area contributed by atoms with Crippen molar-refractivity contribution in [2.75, 3.05) is 51.1 Å². The number of nitrogens with one attached hydrogen (secondary N) is 2. The van der Waals surface area contributed by atoms with Gasteiger partial charge in [0, 0.05) is 38.4 Å². The van der Waals surface area contributed by atoms with Gasteiger partial charge in [0.15, 0.2) is 0 Å². The number of benzene rings is 2. The third kappa shape index (κ3) is 8.07. The van der Waals surface area contributed by atoms with Crippen molar-refractivity contribution in [1.29, 1.82) is 0 Å². The van der Waals surface area contributed by atoms with Gasteiger partial charge in [0.05, 0.1) is 13.1 Å². The summed E-state index contributed by atoms with van der Waals surface area (Å²) in [5.74, 6) is 0.0287. The monoisotopic (exact) mass is 474 g/mol. The molecule has 1 aliphatic rings. The van der Waals surface area contributed by atoms with Crippen LogP contribution in [-0.4, -0.2) is 74.0 Å². The summed E-state index contributed by atoms with van der Waals surface area (Å²) in [7, 11) is 0. The molecule has 7 nitrogen and oxygen atoms in total.